The number of hydrogen-bond acceptors (Lipinski definition) is 2. The van der Waals surface area contributed by atoms with Crippen molar-refractivity contribution in [2.24, 2.45) is 17.3 Å². The molecule has 2 unspecified atom stereocenters. The van der Waals surface area contributed by atoms with E-state index in [1.54, 1.807) is 0 Å². The number of carbonyl (C=O) groups is 1. The van der Waals surface area contributed by atoms with E-state index in [4.69, 9.17) is 4.74 Å². The SMILES string of the molecule is COC(=O)c1cccc2c1CC1(CCC(C3CC3)C1)C2. The molecular weight excluding hydrogens is 248 g/mol. The van der Waals surface area contributed by atoms with Gasteiger partial charge in [0, 0.05) is 0 Å². The molecule has 106 valence electrons. The van der Waals surface area contributed by atoms with Gasteiger partial charge in [-0.2, -0.15) is 0 Å². The number of fused-ring (bicyclic) bond motifs is 1. The highest BCUT2D eigenvalue weighted by Gasteiger charge is 2.47. The number of ether oxygens (including phenoxy) is 1. The number of benzene rings is 1. The van der Waals surface area contributed by atoms with E-state index < -0.39 is 0 Å². The number of rotatable bonds is 2. The Morgan fingerprint density at radius 2 is 2.05 bits per heavy atom. The maximum absolute atomic E-state index is 11.9. The van der Waals surface area contributed by atoms with Crippen LogP contribution in [0.25, 0.3) is 0 Å². The monoisotopic (exact) mass is 270 g/mol. The van der Waals surface area contributed by atoms with Crippen LogP contribution in [-0.4, -0.2) is 13.1 Å². The highest BCUT2D eigenvalue weighted by atomic mass is 16.5. The summed E-state index contributed by atoms with van der Waals surface area (Å²) in [5.41, 5.74) is 3.93. The third kappa shape index (κ3) is 1.88. The van der Waals surface area contributed by atoms with Gasteiger partial charge < -0.3 is 4.74 Å². The molecule has 2 saturated carbocycles. The summed E-state index contributed by atoms with van der Waals surface area (Å²) in [6, 6.07) is 6.15. The number of hydrogen-bond donors (Lipinski definition) is 0. The Kier molecular flexibility index (Phi) is 2.70. The summed E-state index contributed by atoms with van der Waals surface area (Å²) >= 11 is 0. The number of esters is 1. The summed E-state index contributed by atoms with van der Waals surface area (Å²) in [6.45, 7) is 0. The van der Waals surface area contributed by atoms with E-state index in [1.165, 1.54) is 56.8 Å². The molecule has 0 heterocycles. The minimum absolute atomic E-state index is 0.171. The maximum atomic E-state index is 11.9. The minimum Gasteiger partial charge on any atom is -0.465 e. The van der Waals surface area contributed by atoms with Gasteiger partial charge in [0.25, 0.3) is 0 Å². The van der Waals surface area contributed by atoms with Crippen molar-refractivity contribution in [2.45, 2.75) is 44.9 Å². The molecule has 2 fully saturated rings. The van der Waals surface area contributed by atoms with Crippen LogP contribution in [0.5, 0.6) is 0 Å². The van der Waals surface area contributed by atoms with Gasteiger partial charge in [-0.25, -0.2) is 4.79 Å². The van der Waals surface area contributed by atoms with Gasteiger partial charge in [-0.05, 0) is 79.4 Å². The molecule has 0 aromatic heterocycles. The average molecular weight is 270 g/mol. The molecule has 0 radical (unpaired) electrons. The van der Waals surface area contributed by atoms with Gasteiger partial charge in [0.15, 0.2) is 0 Å². The molecule has 1 aromatic carbocycles. The smallest absolute Gasteiger partial charge is 0.338 e. The van der Waals surface area contributed by atoms with Crippen molar-refractivity contribution in [2.75, 3.05) is 7.11 Å². The van der Waals surface area contributed by atoms with E-state index in [2.05, 4.69) is 6.07 Å². The molecule has 3 aliphatic rings. The molecule has 0 aliphatic heterocycles. The van der Waals surface area contributed by atoms with E-state index >= 15 is 0 Å². The van der Waals surface area contributed by atoms with E-state index in [0.717, 1.165) is 23.8 Å². The number of methoxy groups -OCH3 is 1. The predicted octanol–water partition coefficient (Wildman–Crippen LogP) is 3.77. The Morgan fingerprint density at radius 3 is 2.80 bits per heavy atom. The van der Waals surface area contributed by atoms with Crippen LogP contribution in [0.15, 0.2) is 18.2 Å². The Morgan fingerprint density at radius 1 is 1.20 bits per heavy atom. The molecule has 3 aliphatic carbocycles. The first-order valence-corrected chi connectivity index (χ1v) is 7.90. The lowest BCUT2D eigenvalue weighted by Gasteiger charge is -2.23. The van der Waals surface area contributed by atoms with Crippen LogP contribution in [-0.2, 0) is 17.6 Å². The van der Waals surface area contributed by atoms with Crippen LogP contribution in [0.3, 0.4) is 0 Å². The van der Waals surface area contributed by atoms with E-state index in [9.17, 15) is 4.79 Å². The van der Waals surface area contributed by atoms with Crippen molar-refractivity contribution in [1.29, 1.82) is 0 Å². The molecule has 2 heteroatoms. The second-order valence-electron chi connectivity index (χ2n) is 7.13. The third-order valence-electron chi connectivity index (χ3n) is 5.82. The van der Waals surface area contributed by atoms with Gasteiger partial charge >= 0.3 is 5.97 Å². The van der Waals surface area contributed by atoms with Gasteiger partial charge in [-0.3, -0.25) is 0 Å². The van der Waals surface area contributed by atoms with Crippen LogP contribution >= 0.6 is 0 Å². The summed E-state index contributed by atoms with van der Waals surface area (Å²) in [6.07, 6.45) is 9.33. The lowest BCUT2D eigenvalue weighted by molar-refractivity contribution is 0.0599. The fourth-order valence-electron chi connectivity index (χ4n) is 4.69. The molecule has 2 nitrogen and oxygen atoms in total. The summed E-state index contributed by atoms with van der Waals surface area (Å²) in [5.74, 6) is 1.82. The van der Waals surface area contributed by atoms with Crippen molar-refractivity contribution < 1.29 is 9.53 Å². The molecule has 1 aromatic rings. The highest BCUT2D eigenvalue weighted by Crippen LogP contribution is 2.56. The summed E-state index contributed by atoms with van der Waals surface area (Å²) in [7, 11) is 1.48. The minimum atomic E-state index is -0.171. The maximum Gasteiger partial charge on any atom is 0.338 e. The Hall–Kier alpha value is -1.31. The first-order chi connectivity index (χ1) is 9.71. The second-order valence-corrected chi connectivity index (χ2v) is 7.13. The predicted molar refractivity (Wildman–Crippen MR) is 77.7 cm³/mol. The van der Waals surface area contributed by atoms with Crippen LogP contribution in [0, 0.1) is 17.3 Å². The summed E-state index contributed by atoms with van der Waals surface area (Å²) in [4.78, 5) is 11.9. The van der Waals surface area contributed by atoms with E-state index in [1.807, 2.05) is 12.1 Å². The second kappa shape index (κ2) is 4.34. The molecular formula is C18H22O2. The standard InChI is InChI=1S/C18H22O2/c1-20-17(19)15-4-2-3-14-10-18(11-16(14)15)8-7-13(9-18)12-5-6-12/h2-4,12-13H,5-11H2,1H3. The van der Waals surface area contributed by atoms with Gasteiger partial charge in [-0.15, -0.1) is 0 Å². The molecule has 4 rings (SSSR count). The van der Waals surface area contributed by atoms with Crippen molar-refractivity contribution in [3.05, 3.63) is 34.9 Å². The van der Waals surface area contributed by atoms with Gasteiger partial charge in [0.05, 0.1) is 12.7 Å². The van der Waals surface area contributed by atoms with Crippen molar-refractivity contribution in [1.82, 2.24) is 0 Å². The van der Waals surface area contributed by atoms with E-state index in [0.29, 0.717) is 5.41 Å². The molecule has 0 saturated heterocycles. The molecule has 0 amide bonds. The van der Waals surface area contributed by atoms with Crippen LogP contribution in [0.4, 0.5) is 0 Å². The van der Waals surface area contributed by atoms with Crippen molar-refractivity contribution >= 4 is 5.97 Å². The topological polar surface area (TPSA) is 26.3 Å². The van der Waals surface area contributed by atoms with Gasteiger partial charge in [0.1, 0.15) is 0 Å². The van der Waals surface area contributed by atoms with Gasteiger partial charge in [0.2, 0.25) is 0 Å². The summed E-state index contributed by atoms with van der Waals surface area (Å²) in [5, 5.41) is 0. The molecule has 2 atom stereocenters. The molecule has 0 bridgehead atoms. The van der Waals surface area contributed by atoms with Crippen molar-refractivity contribution in [3.63, 3.8) is 0 Å². The van der Waals surface area contributed by atoms with Crippen LogP contribution in [0.1, 0.15) is 53.6 Å². The normalized spacial score (nSPS) is 31.6. The van der Waals surface area contributed by atoms with Crippen LogP contribution < -0.4 is 0 Å². The van der Waals surface area contributed by atoms with Gasteiger partial charge in [-0.1, -0.05) is 12.1 Å². The average Bonchev–Trinajstić information content (AvgIpc) is 3.14. The Balaban J connectivity index is 1.62. The quantitative estimate of drug-likeness (QED) is 0.765. The largest absolute Gasteiger partial charge is 0.465 e. The fourth-order valence-corrected chi connectivity index (χ4v) is 4.69. The third-order valence-corrected chi connectivity index (χ3v) is 5.82. The zero-order valence-corrected chi connectivity index (χ0v) is 12.2. The fraction of sp³-hybridized carbons (Fsp3) is 0.611. The Labute approximate surface area is 120 Å². The highest BCUT2D eigenvalue weighted by molar-refractivity contribution is 5.91. The van der Waals surface area contributed by atoms with E-state index in [-0.39, 0.29) is 5.97 Å². The molecule has 0 N–H and O–H groups in total. The number of carbonyl (C=O) groups excluding carboxylic acids is 1. The van der Waals surface area contributed by atoms with Crippen molar-refractivity contribution in [3.8, 4) is 0 Å². The zero-order chi connectivity index (χ0) is 13.7. The zero-order valence-electron chi connectivity index (χ0n) is 12.2. The molecule has 1 spiro atoms. The summed E-state index contributed by atoms with van der Waals surface area (Å²) < 4.78 is 4.94. The first kappa shape index (κ1) is 12.4. The lowest BCUT2D eigenvalue weighted by atomic mass is 9.81. The van der Waals surface area contributed by atoms with Crippen LogP contribution in [0.2, 0.25) is 0 Å². The first-order valence-electron chi connectivity index (χ1n) is 7.90. The lowest BCUT2D eigenvalue weighted by Crippen LogP contribution is -2.18. The Bertz CT molecular complexity index is 559. The molecule has 20 heavy (non-hydrogen) atoms.